The minimum Gasteiger partial charge on any atom is -0.259 e. The van der Waals surface area contributed by atoms with Crippen LogP contribution in [0.1, 0.15) is 6.92 Å². The molecule has 0 unspecified atom stereocenters. The molecule has 0 aliphatic carbocycles. The highest BCUT2D eigenvalue weighted by atomic mass is 19.3. The van der Waals surface area contributed by atoms with Gasteiger partial charge in [-0.15, -0.1) is 0 Å². The lowest BCUT2D eigenvalue weighted by Crippen LogP contribution is -2.46. The van der Waals surface area contributed by atoms with Crippen LogP contribution in [0.15, 0.2) is 38.5 Å². The first-order valence-corrected chi connectivity index (χ1v) is 5.80. The summed E-state index contributed by atoms with van der Waals surface area (Å²) >= 11 is 0. The average molecular weight is 279 g/mol. The van der Waals surface area contributed by atoms with Crippen molar-refractivity contribution in [3.8, 4) is 0 Å². The second kappa shape index (κ2) is 5.21. The first-order chi connectivity index (χ1) is 9.53. The summed E-state index contributed by atoms with van der Waals surface area (Å²) in [6.45, 7) is 4.36. The first kappa shape index (κ1) is 13.9. The number of allylic oxidation sites excluding steroid dienone is 2. The van der Waals surface area contributed by atoms with Crippen molar-refractivity contribution in [2.75, 3.05) is 13.6 Å². The molecule has 0 radical (unpaired) electrons. The van der Waals surface area contributed by atoms with Crippen LogP contribution in [0.3, 0.4) is 0 Å². The number of hydrogen-bond acceptors (Lipinski definition) is 3. The Morgan fingerprint density at radius 1 is 1.60 bits per heavy atom. The minimum absolute atomic E-state index is 0.173. The molecule has 0 aromatic heterocycles. The van der Waals surface area contributed by atoms with E-state index in [4.69, 9.17) is 0 Å². The fourth-order valence-electron chi connectivity index (χ4n) is 1.90. The minimum atomic E-state index is -3.10. The van der Waals surface area contributed by atoms with Crippen molar-refractivity contribution in [3.05, 3.63) is 23.5 Å². The molecule has 6 nitrogen and oxygen atoms in total. The highest BCUT2D eigenvalue weighted by Crippen LogP contribution is 2.37. The molecule has 0 aromatic carbocycles. The van der Waals surface area contributed by atoms with Gasteiger partial charge in [-0.25, -0.2) is 15.2 Å². The molecule has 0 bridgehead atoms. The Hall–Kier alpha value is -2.56. The predicted octanol–water partition coefficient (Wildman–Crippen LogP) is 0.612. The van der Waals surface area contributed by atoms with Gasteiger partial charge in [-0.2, -0.15) is 13.4 Å². The van der Waals surface area contributed by atoms with Gasteiger partial charge in [0.1, 0.15) is 17.9 Å². The molecule has 2 aliphatic heterocycles. The number of rotatable bonds is 2. The van der Waals surface area contributed by atoms with Crippen molar-refractivity contribution >= 4 is 24.6 Å². The maximum atomic E-state index is 13.9. The molecule has 104 valence electrons. The molecule has 0 spiro atoms. The Morgan fingerprint density at radius 2 is 2.35 bits per heavy atom. The number of nitrogens with one attached hydrogen (secondary N) is 1. The normalized spacial score (nSPS) is 22.7. The van der Waals surface area contributed by atoms with Crippen LogP contribution in [0.2, 0.25) is 0 Å². The summed E-state index contributed by atoms with van der Waals surface area (Å²) in [6.07, 6.45) is 3.18. The van der Waals surface area contributed by atoms with Crippen LogP contribution in [0.5, 0.6) is 0 Å². The van der Waals surface area contributed by atoms with E-state index in [9.17, 15) is 8.78 Å². The van der Waals surface area contributed by atoms with Gasteiger partial charge in [-0.1, -0.05) is 6.08 Å². The fraction of sp³-hybridized carbons (Fsp3) is 0.333. The Labute approximate surface area is 114 Å². The fourth-order valence-corrected chi connectivity index (χ4v) is 1.90. The second-order valence-corrected chi connectivity index (χ2v) is 4.00. The quantitative estimate of drug-likeness (QED) is 0.594. The monoisotopic (exact) mass is 279 g/mol. The molecule has 20 heavy (non-hydrogen) atoms. The highest BCUT2D eigenvalue weighted by Gasteiger charge is 2.50. The van der Waals surface area contributed by atoms with Crippen molar-refractivity contribution in [1.82, 2.24) is 14.9 Å². The van der Waals surface area contributed by atoms with E-state index < -0.39 is 12.5 Å². The van der Waals surface area contributed by atoms with E-state index in [1.807, 2.05) is 0 Å². The van der Waals surface area contributed by atoms with E-state index >= 15 is 0 Å². The standard InChI is InChI=1S/C12H12F2N6/c1-4-5-8-9(15-2)12(13,14)6-20(8)11-18-7-17-10(16-3)19-11/h4-5H,2,6H2,1,3H3/p+1/b5-4-,16-10?. The number of hydrogen-bond donors (Lipinski definition) is 1. The Bertz CT molecular complexity index is 630. The smallest absolute Gasteiger partial charge is 0.259 e. The molecule has 2 rings (SSSR count). The van der Waals surface area contributed by atoms with Crippen molar-refractivity contribution in [2.45, 2.75) is 12.8 Å². The SMILES string of the molecule is C=NC1=C(/C=C\C)N(C2=[N+]=C=NC(=NC)N2)CC1(F)F. The third kappa shape index (κ3) is 2.30. The van der Waals surface area contributed by atoms with E-state index in [0.29, 0.717) is 0 Å². The van der Waals surface area contributed by atoms with E-state index in [1.165, 1.54) is 18.0 Å². The third-order valence-electron chi connectivity index (χ3n) is 2.72. The largest absolute Gasteiger partial charge is 0.419 e. The van der Waals surface area contributed by atoms with Crippen LogP contribution in [-0.4, -0.2) is 49.1 Å². The van der Waals surface area contributed by atoms with Crippen molar-refractivity contribution in [2.24, 2.45) is 15.0 Å². The predicted molar refractivity (Wildman–Crippen MR) is 74.1 cm³/mol. The van der Waals surface area contributed by atoms with E-state index in [-0.39, 0.29) is 23.3 Å². The van der Waals surface area contributed by atoms with E-state index in [0.717, 1.165) is 0 Å². The summed E-state index contributed by atoms with van der Waals surface area (Å²) in [6, 6.07) is 2.38. The summed E-state index contributed by atoms with van der Waals surface area (Å²) < 4.78 is 31.7. The molecular formula is C12H13F2N6+. The van der Waals surface area contributed by atoms with Gasteiger partial charge in [-0.05, 0) is 24.7 Å². The summed E-state index contributed by atoms with van der Waals surface area (Å²) in [5.74, 6) is -2.68. The summed E-state index contributed by atoms with van der Waals surface area (Å²) in [5, 5.41) is 2.75. The molecule has 0 saturated carbocycles. The molecule has 0 amide bonds. The zero-order valence-corrected chi connectivity index (χ0v) is 11.1. The molecule has 2 heterocycles. The Balaban J connectivity index is 2.49. The Morgan fingerprint density at radius 3 is 2.95 bits per heavy atom. The molecule has 1 N–H and O–H groups in total. The van der Waals surface area contributed by atoms with Gasteiger partial charge < -0.3 is 0 Å². The van der Waals surface area contributed by atoms with Gasteiger partial charge in [0, 0.05) is 7.05 Å². The number of nitrogens with zero attached hydrogens (tertiary/aromatic N) is 5. The van der Waals surface area contributed by atoms with E-state index in [2.05, 4.69) is 37.7 Å². The van der Waals surface area contributed by atoms with E-state index in [1.54, 1.807) is 13.0 Å². The number of alkyl halides is 2. The van der Waals surface area contributed by atoms with Crippen LogP contribution in [0.25, 0.3) is 0 Å². The zero-order valence-electron chi connectivity index (χ0n) is 11.1. The molecule has 0 aromatic rings. The van der Waals surface area contributed by atoms with Crippen molar-refractivity contribution in [3.63, 3.8) is 0 Å². The molecule has 8 heteroatoms. The van der Waals surface area contributed by atoms with Gasteiger partial charge in [-0.3, -0.25) is 4.99 Å². The topological polar surface area (TPSA) is 66.5 Å². The number of aliphatic imine (C=N–C) groups is 3. The van der Waals surface area contributed by atoms with Gasteiger partial charge >= 0.3 is 23.9 Å². The molecule has 0 fully saturated rings. The third-order valence-corrected chi connectivity index (χ3v) is 2.72. The lowest BCUT2D eigenvalue weighted by molar-refractivity contribution is 0.0424. The zero-order chi connectivity index (χ0) is 14.8. The van der Waals surface area contributed by atoms with Crippen LogP contribution in [-0.2, 0) is 0 Å². The van der Waals surface area contributed by atoms with Gasteiger partial charge in [0.2, 0.25) is 0 Å². The van der Waals surface area contributed by atoms with Gasteiger partial charge in [0.25, 0.3) is 0 Å². The maximum Gasteiger partial charge on any atom is 0.419 e. The van der Waals surface area contributed by atoms with Crippen LogP contribution >= 0.6 is 0 Å². The summed E-state index contributed by atoms with van der Waals surface area (Å²) in [5.41, 5.74) is -0.143. The summed E-state index contributed by atoms with van der Waals surface area (Å²) in [7, 11) is 1.52. The summed E-state index contributed by atoms with van der Waals surface area (Å²) in [4.78, 5) is 12.3. The lowest BCUT2D eigenvalue weighted by Gasteiger charge is -2.14. The van der Waals surface area contributed by atoms with Crippen molar-refractivity contribution < 1.29 is 8.78 Å². The highest BCUT2D eigenvalue weighted by molar-refractivity contribution is 6.03. The second-order valence-electron chi connectivity index (χ2n) is 4.00. The van der Waals surface area contributed by atoms with Crippen LogP contribution < -0.4 is 9.98 Å². The Kier molecular flexibility index (Phi) is 3.61. The van der Waals surface area contributed by atoms with Gasteiger partial charge in [0.05, 0.1) is 0 Å². The van der Waals surface area contributed by atoms with Crippen LogP contribution in [0, 0.1) is 0 Å². The maximum absolute atomic E-state index is 13.9. The molecular weight excluding hydrogens is 266 g/mol. The molecule has 2 aliphatic rings. The van der Waals surface area contributed by atoms with Crippen LogP contribution in [0.4, 0.5) is 8.78 Å². The molecule has 0 atom stereocenters. The van der Waals surface area contributed by atoms with Gasteiger partial charge in [0.15, 0.2) is 0 Å². The number of halogens is 2. The molecule has 0 saturated heterocycles. The number of guanidine groups is 2. The average Bonchev–Trinajstić information content (AvgIpc) is 2.70. The lowest BCUT2D eigenvalue weighted by atomic mass is 10.2. The van der Waals surface area contributed by atoms with Crippen molar-refractivity contribution in [1.29, 1.82) is 0 Å². The first-order valence-electron chi connectivity index (χ1n) is 5.80.